The van der Waals surface area contributed by atoms with E-state index in [1.165, 1.54) is 32.1 Å². The van der Waals surface area contributed by atoms with E-state index in [0.29, 0.717) is 29.4 Å². The number of halogens is 3. The number of hydrogen-bond acceptors (Lipinski definition) is 8. The summed E-state index contributed by atoms with van der Waals surface area (Å²) in [6.45, 7) is 6.75. The summed E-state index contributed by atoms with van der Waals surface area (Å²) in [5.41, 5.74) is -1.45. The first kappa shape index (κ1) is 29.0. The molecule has 4 N–H and O–H groups in total. The number of piperidine rings is 2. The summed E-state index contributed by atoms with van der Waals surface area (Å²) < 4.78 is 51.2. The molecule has 6 unspecified atom stereocenters. The minimum Gasteiger partial charge on any atom is -0.477 e. The highest BCUT2D eigenvalue weighted by molar-refractivity contribution is 7.98. The highest BCUT2D eigenvalue weighted by atomic mass is 32.2. The first-order chi connectivity index (χ1) is 19.1. The number of hydrogen-bond donors (Lipinski definition) is 4. The minimum absolute atomic E-state index is 0.00276. The van der Waals surface area contributed by atoms with E-state index in [1.807, 2.05) is 22.8 Å². The van der Waals surface area contributed by atoms with Crippen molar-refractivity contribution in [1.82, 2.24) is 35.4 Å². The molecule has 6 rings (SSSR count). The quantitative estimate of drug-likeness (QED) is 0.370. The number of rotatable bonds is 5. The van der Waals surface area contributed by atoms with E-state index < -0.39 is 11.6 Å². The Hall–Kier alpha value is -1.05. The average molecular weight is 586 g/mol. The fourth-order valence-electron chi connectivity index (χ4n) is 7.43. The van der Waals surface area contributed by atoms with Gasteiger partial charge in [0.1, 0.15) is 6.17 Å². The molecule has 0 amide bonds. The van der Waals surface area contributed by atoms with E-state index in [1.54, 1.807) is 6.07 Å². The van der Waals surface area contributed by atoms with Crippen molar-refractivity contribution in [2.75, 3.05) is 19.7 Å². The maximum atomic E-state index is 13.3. The van der Waals surface area contributed by atoms with Gasteiger partial charge in [0.2, 0.25) is 5.88 Å². The second kappa shape index (κ2) is 11.6. The van der Waals surface area contributed by atoms with Crippen molar-refractivity contribution in [1.29, 1.82) is 0 Å². The van der Waals surface area contributed by atoms with Crippen molar-refractivity contribution in [2.45, 2.75) is 126 Å². The van der Waals surface area contributed by atoms with Crippen LogP contribution in [-0.2, 0) is 0 Å². The van der Waals surface area contributed by atoms with Crippen LogP contribution < -0.4 is 25.4 Å². The Morgan fingerprint density at radius 2 is 1.93 bits per heavy atom. The molecular formula is C28H46F3N7OS. The summed E-state index contributed by atoms with van der Waals surface area (Å²) in [7, 11) is 0. The van der Waals surface area contributed by atoms with Crippen LogP contribution in [0.4, 0.5) is 13.2 Å². The van der Waals surface area contributed by atoms with Gasteiger partial charge in [0, 0.05) is 36.3 Å². The molecule has 1 saturated carbocycles. The van der Waals surface area contributed by atoms with Crippen molar-refractivity contribution in [3.63, 3.8) is 0 Å². The Morgan fingerprint density at radius 1 is 1.07 bits per heavy atom. The van der Waals surface area contributed by atoms with E-state index in [2.05, 4.69) is 44.5 Å². The number of alkyl halides is 3. The first-order valence-corrected chi connectivity index (χ1v) is 16.2. The molecule has 0 radical (unpaired) electrons. The molecule has 5 heterocycles. The summed E-state index contributed by atoms with van der Waals surface area (Å²) in [5.74, 6) is 0.860. The number of aromatic nitrogens is 2. The summed E-state index contributed by atoms with van der Waals surface area (Å²) in [4.78, 5) is 2.75. The lowest BCUT2D eigenvalue weighted by Crippen LogP contribution is -2.62. The van der Waals surface area contributed by atoms with E-state index in [4.69, 9.17) is 4.74 Å². The molecule has 8 nitrogen and oxygen atoms in total. The van der Waals surface area contributed by atoms with Gasteiger partial charge >= 0.3 is 6.18 Å². The standard InChI is InChI=1S/C28H46F3N7OS/c1-26(2)11-8-20-9-15-32-21-4-3-5-24(34-21)40-33-18-19-6-7-22(35-25(19)38(20)26)37-16-10-23(36-37)39-17-14-27(12-13-27)28(29,30)31/h10,16,19-22,24-25,32-35H,3-9,11-15,17-18H2,1-2H3. The summed E-state index contributed by atoms with van der Waals surface area (Å²) in [5, 5.41) is 16.6. The van der Waals surface area contributed by atoms with Gasteiger partial charge in [0.15, 0.2) is 0 Å². The largest absolute Gasteiger partial charge is 0.477 e. The monoisotopic (exact) mass is 585 g/mol. The van der Waals surface area contributed by atoms with Crippen molar-refractivity contribution in [2.24, 2.45) is 11.3 Å². The average Bonchev–Trinajstić information content (AvgIpc) is 3.46. The summed E-state index contributed by atoms with van der Waals surface area (Å²) in [6.07, 6.45) is 7.91. The van der Waals surface area contributed by atoms with E-state index in [-0.39, 0.29) is 43.7 Å². The van der Waals surface area contributed by atoms with E-state index in [0.717, 1.165) is 32.4 Å². The summed E-state index contributed by atoms with van der Waals surface area (Å²) >= 11 is 1.84. The normalized spacial score (nSPS) is 36.4. The van der Waals surface area contributed by atoms with E-state index >= 15 is 0 Å². The number of nitrogens with zero attached hydrogens (tertiary/aromatic N) is 3. The van der Waals surface area contributed by atoms with Crippen LogP contribution in [0.25, 0.3) is 0 Å². The molecule has 40 heavy (non-hydrogen) atoms. The van der Waals surface area contributed by atoms with Crippen LogP contribution in [0.3, 0.4) is 0 Å². The molecular weight excluding hydrogens is 539 g/mol. The fraction of sp³-hybridized carbons (Fsp3) is 0.893. The molecule has 12 heteroatoms. The molecule has 2 bridgehead atoms. The third kappa shape index (κ3) is 6.17. The van der Waals surface area contributed by atoms with Gasteiger partial charge < -0.3 is 10.1 Å². The number of fused-ring (bicyclic) bond motifs is 5. The Bertz CT molecular complexity index is 1000. The third-order valence-corrected chi connectivity index (χ3v) is 11.1. The lowest BCUT2D eigenvalue weighted by Gasteiger charge is -2.49. The fourth-order valence-corrected chi connectivity index (χ4v) is 8.45. The first-order valence-electron chi connectivity index (χ1n) is 15.3. The highest BCUT2D eigenvalue weighted by Crippen LogP contribution is 2.59. The molecule has 226 valence electrons. The molecule has 5 fully saturated rings. The van der Waals surface area contributed by atoms with Crippen molar-refractivity contribution >= 4 is 11.9 Å². The van der Waals surface area contributed by atoms with Crippen LogP contribution in [0.15, 0.2) is 12.3 Å². The second-order valence-electron chi connectivity index (χ2n) is 13.2. The zero-order valence-corrected chi connectivity index (χ0v) is 24.6. The number of ether oxygens (including phenoxy) is 1. The Balaban J connectivity index is 1.14. The highest BCUT2D eigenvalue weighted by Gasteiger charge is 2.62. The Labute approximate surface area is 240 Å². The zero-order valence-electron chi connectivity index (χ0n) is 23.8. The van der Waals surface area contributed by atoms with Gasteiger partial charge in [-0.3, -0.25) is 24.9 Å². The molecule has 1 aliphatic carbocycles. The summed E-state index contributed by atoms with van der Waals surface area (Å²) in [6, 6.07) is 2.29. The maximum Gasteiger partial charge on any atom is 0.394 e. The lowest BCUT2D eigenvalue weighted by atomic mass is 9.90. The van der Waals surface area contributed by atoms with Crippen molar-refractivity contribution in [3.8, 4) is 5.88 Å². The molecule has 4 saturated heterocycles. The van der Waals surface area contributed by atoms with Gasteiger partial charge in [-0.2, -0.15) is 13.2 Å². The molecule has 5 aliphatic rings. The molecule has 4 aliphatic heterocycles. The van der Waals surface area contributed by atoms with Gasteiger partial charge in [0.05, 0.1) is 29.7 Å². The van der Waals surface area contributed by atoms with Crippen LogP contribution >= 0.6 is 11.9 Å². The van der Waals surface area contributed by atoms with Gasteiger partial charge in [0.25, 0.3) is 0 Å². The van der Waals surface area contributed by atoms with Crippen LogP contribution in [0.1, 0.15) is 90.6 Å². The maximum absolute atomic E-state index is 13.3. The molecule has 1 aromatic rings. The van der Waals surface area contributed by atoms with Gasteiger partial charge in [-0.15, -0.1) is 5.10 Å². The predicted octanol–water partition coefficient (Wildman–Crippen LogP) is 4.72. The predicted molar refractivity (Wildman–Crippen MR) is 150 cm³/mol. The Morgan fingerprint density at radius 3 is 2.73 bits per heavy atom. The number of nitrogens with one attached hydrogen (secondary N) is 4. The van der Waals surface area contributed by atoms with Gasteiger partial charge in [-0.05, 0) is 91.0 Å². The second-order valence-corrected chi connectivity index (χ2v) is 14.3. The SMILES string of the molecule is CC1(C)CCC2CCNC3CCCC(N3)SNCC3CCC(n4ccc(OCCC5(C(F)(F)F)CC5)n4)NC3N21. The van der Waals surface area contributed by atoms with Crippen LogP contribution in [0, 0.1) is 11.3 Å². The van der Waals surface area contributed by atoms with Crippen molar-refractivity contribution in [3.05, 3.63) is 12.3 Å². The van der Waals surface area contributed by atoms with Crippen LogP contribution in [0.5, 0.6) is 5.88 Å². The topological polar surface area (TPSA) is 78.4 Å². The molecule has 1 aromatic heterocycles. The lowest BCUT2D eigenvalue weighted by molar-refractivity contribution is -0.190. The van der Waals surface area contributed by atoms with Gasteiger partial charge in [-0.25, -0.2) is 0 Å². The van der Waals surface area contributed by atoms with Crippen LogP contribution in [0.2, 0.25) is 0 Å². The van der Waals surface area contributed by atoms with Crippen LogP contribution in [-0.4, -0.2) is 69.8 Å². The molecule has 0 spiro atoms. The Kier molecular flexibility index (Phi) is 8.39. The smallest absolute Gasteiger partial charge is 0.394 e. The van der Waals surface area contributed by atoms with E-state index in [9.17, 15) is 13.2 Å². The molecule has 0 aromatic carbocycles. The molecule has 6 atom stereocenters. The van der Waals surface area contributed by atoms with Gasteiger partial charge in [-0.1, -0.05) is 11.9 Å². The third-order valence-electron chi connectivity index (χ3n) is 10.1. The van der Waals surface area contributed by atoms with Crippen molar-refractivity contribution < 1.29 is 17.9 Å². The minimum atomic E-state index is -4.15. The zero-order chi connectivity index (χ0) is 28.0.